The first-order valence-corrected chi connectivity index (χ1v) is 21.8. The van der Waals surface area contributed by atoms with Gasteiger partial charge in [0.1, 0.15) is 22.3 Å². The summed E-state index contributed by atoms with van der Waals surface area (Å²) in [5, 5.41) is 9.04. The second-order valence-corrected chi connectivity index (χ2v) is 16.7. The van der Waals surface area contributed by atoms with Gasteiger partial charge in [-0.15, -0.1) is 0 Å². The highest BCUT2D eigenvalue weighted by Gasteiger charge is 2.27. The number of para-hydroxylation sites is 3. The molecular weight excluding hydrogens is 771 g/mol. The Kier molecular flexibility index (Phi) is 8.10. The largest absolute Gasteiger partial charge is 0.456 e. The monoisotopic (exact) mass is 809 g/mol. The maximum Gasteiger partial charge on any atom is 0.158 e. The molecule has 0 fully saturated rings. The van der Waals surface area contributed by atoms with Crippen molar-refractivity contribution in [1.29, 1.82) is 0 Å². The van der Waals surface area contributed by atoms with Crippen molar-refractivity contribution in [3.05, 3.63) is 211 Å². The zero-order valence-electron chi connectivity index (χ0n) is 34.3. The van der Waals surface area contributed by atoms with Gasteiger partial charge < -0.3 is 13.4 Å². The van der Waals surface area contributed by atoms with Gasteiger partial charge in [-0.05, 0) is 107 Å². The van der Waals surface area contributed by atoms with Gasteiger partial charge in [0, 0.05) is 32.3 Å². The third kappa shape index (κ3) is 5.77. The minimum Gasteiger partial charge on any atom is -0.456 e. The van der Waals surface area contributed by atoms with Crippen LogP contribution < -0.4 is 0 Å². The average Bonchev–Trinajstić information content (AvgIpc) is 4.01. The number of furan rings is 2. The number of benzene rings is 9. The summed E-state index contributed by atoms with van der Waals surface area (Å²) in [4.78, 5) is 11.7. The number of hydrogen-bond acceptors (Lipinski definition) is 4. The molecule has 0 radical (unpaired) electrons. The standard InChI is InChI=1S/C58H39N3O2/c1-2-15-36(16-3-1)37-19-12-20-40(33-37)46-25-14-26-47(42-24-13-30-53-55(42)43-22-7-10-28-51(43)62-53)60-58(59-46)57-49(31-32-54-56(57)44-23-8-11-29-52(44)63-54)61-48-27-9-6-21-41(48)45-34-38-17-4-5-18-39(38)35-50(45)61/h1-13,15-24,27-35,47H,14,25-26H2. The van der Waals surface area contributed by atoms with E-state index in [2.05, 4.69) is 187 Å². The third-order valence-electron chi connectivity index (χ3n) is 13.0. The third-order valence-corrected chi connectivity index (χ3v) is 13.0. The van der Waals surface area contributed by atoms with Gasteiger partial charge in [-0.25, -0.2) is 4.99 Å². The van der Waals surface area contributed by atoms with E-state index in [9.17, 15) is 0 Å². The number of aromatic nitrogens is 1. The van der Waals surface area contributed by atoms with Gasteiger partial charge in [-0.3, -0.25) is 4.99 Å². The van der Waals surface area contributed by atoms with Gasteiger partial charge >= 0.3 is 0 Å². The molecule has 0 saturated heterocycles. The van der Waals surface area contributed by atoms with Crippen LogP contribution in [0.1, 0.15) is 42.0 Å². The van der Waals surface area contributed by atoms with Crippen LogP contribution >= 0.6 is 0 Å². The van der Waals surface area contributed by atoms with Crippen molar-refractivity contribution in [2.45, 2.75) is 25.3 Å². The molecule has 1 aliphatic heterocycles. The molecule has 3 aromatic heterocycles. The van der Waals surface area contributed by atoms with Gasteiger partial charge in [0.2, 0.25) is 0 Å². The predicted octanol–water partition coefficient (Wildman–Crippen LogP) is 15.6. The van der Waals surface area contributed by atoms with Crippen LogP contribution in [0.25, 0.3) is 93.3 Å². The molecule has 9 aromatic carbocycles. The van der Waals surface area contributed by atoms with Gasteiger partial charge in [-0.2, -0.15) is 0 Å². The Morgan fingerprint density at radius 2 is 1.10 bits per heavy atom. The molecular formula is C58H39N3O2. The molecule has 0 N–H and O–H groups in total. The second-order valence-electron chi connectivity index (χ2n) is 16.7. The molecule has 63 heavy (non-hydrogen) atoms. The van der Waals surface area contributed by atoms with Crippen LogP contribution in [-0.4, -0.2) is 16.1 Å². The van der Waals surface area contributed by atoms with E-state index < -0.39 is 0 Å². The number of rotatable bonds is 5. The van der Waals surface area contributed by atoms with Gasteiger partial charge in [0.05, 0.1) is 34.0 Å². The van der Waals surface area contributed by atoms with E-state index >= 15 is 0 Å². The molecule has 5 nitrogen and oxygen atoms in total. The quantitative estimate of drug-likeness (QED) is 0.174. The fourth-order valence-corrected chi connectivity index (χ4v) is 10.2. The van der Waals surface area contributed by atoms with Crippen LogP contribution in [0.2, 0.25) is 0 Å². The fourth-order valence-electron chi connectivity index (χ4n) is 10.2. The highest BCUT2D eigenvalue weighted by atomic mass is 16.3. The van der Waals surface area contributed by atoms with Crippen molar-refractivity contribution in [3.8, 4) is 16.8 Å². The highest BCUT2D eigenvalue weighted by molar-refractivity contribution is 6.24. The van der Waals surface area contributed by atoms with Crippen LogP contribution in [0.15, 0.2) is 213 Å². The number of fused-ring (bicyclic) bond motifs is 10. The van der Waals surface area contributed by atoms with Crippen LogP contribution in [0.4, 0.5) is 0 Å². The molecule has 5 heteroatoms. The van der Waals surface area contributed by atoms with E-state index in [1.165, 1.54) is 27.1 Å². The van der Waals surface area contributed by atoms with E-state index in [1.807, 2.05) is 12.1 Å². The molecule has 1 aliphatic rings. The molecule has 298 valence electrons. The van der Waals surface area contributed by atoms with E-state index in [0.29, 0.717) is 5.84 Å². The first-order valence-electron chi connectivity index (χ1n) is 21.8. The summed E-state index contributed by atoms with van der Waals surface area (Å²) in [7, 11) is 0. The zero-order valence-corrected chi connectivity index (χ0v) is 34.3. The Balaban J connectivity index is 1.15. The summed E-state index contributed by atoms with van der Waals surface area (Å²) in [6.07, 6.45) is 2.53. The van der Waals surface area contributed by atoms with E-state index in [1.54, 1.807) is 0 Å². The summed E-state index contributed by atoms with van der Waals surface area (Å²) in [6.45, 7) is 0. The van der Waals surface area contributed by atoms with Crippen LogP contribution in [0.5, 0.6) is 0 Å². The molecule has 1 unspecified atom stereocenters. The lowest BCUT2D eigenvalue weighted by Gasteiger charge is -2.22. The van der Waals surface area contributed by atoms with Crippen molar-refractivity contribution < 1.29 is 8.83 Å². The first kappa shape index (κ1) is 35.7. The minimum atomic E-state index is -0.200. The van der Waals surface area contributed by atoms with Crippen LogP contribution in [0, 0.1) is 0 Å². The molecule has 1 atom stereocenters. The lowest BCUT2D eigenvalue weighted by Crippen LogP contribution is -2.15. The predicted molar refractivity (Wildman–Crippen MR) is 261 cm³/mol. The SMILES string of the molecule is c1ccc(-c2cccc(C3=NC(c4c(-n5c6ccccc6c6cc7ccccc7cc65)ccc5oc6ccccc6c45)=NC(c4cccc5oc6ccccc6c45)CCC3)c2)cc1. The number of amidine groups is 1. The maximum atomic E-state index is 6.70. The Hall–Kier alpha value is -8.02. The molecule has 0 bridgehead atoms. The molecule has 4 heterocycles. The van der Waals surface area contributed by atoms with Gasteiger partial charge in [0.25, 0.3) is 0 Å². The number of aliphatic imine (C=N–C) groups is 2. The lowest BCUT2D eigenvalue weighted by molar-refractivity contribution is 0.624. The topological polar surface area (TPSA) is 55.9 Å². The van der Waals surface area contributed by atoms with Crippen molar-refractivity contribution in [3.63, 3.8) is 0 Å². The van der Waals surface area contributed by atoms with E-state index in [-0.39, 0.29) is 6.04 Å². The van der Waals surface area contributed by atoms with Crippen molar-refractivity contribution in [1.82, 2.24) is 4.57 Å². The van der Waals surface area contributed by atoms with Gasteiger partial charge in [0.15, 0.2) is 5.84 Å². The maximum absolute atomic E-state index is 6.70. The Labute approximate surface area is 362 Å². The Morgan fingerprint density at radius 1 is 0.460 bits per heavy atom. The molecule has 0 amide bonds. The normalized spacial score (nSPS) is 14.8. The smallest absolute Gasteiger partial charge is 0.158 e. The highest BCUT2D eigenvalue weighted by Crippen LogP contribution is 2.43. The Morgan fingerprint density at radius 3 is 1.92 bits per heavy atom. The second kappa shape index (κ2) is 14.3. The van der Waals surface area contributed by atoms with E-state index in [4.69, 9.17) is 18.8 Å². The molecule has 13 rings (SSSR count). The summed E-state index contributed by atoms with van der Waals surface area (Å²) in [5.41, 5.74) is 13.2. The number of hydrogen-bond donors (Lipinski definition) is 0. The van der Waals surface area contributed by atoms with Gasteiger partial charge in [-0.1, -0.05) is 140 Å². The zero-order chi connectivity index (χ0) is 41.4. The minimum absolute atomic E-state index is 0.200. The van der Waals surface area contributed by atoms with E-state index in [0.717, 1.165) is 108 Å². The molecule has 12 aromatic rings. The summed E-state index contributed by atoms with van der Waals surface area (Å²) >= 11 is 0. The summed E-state index contributed by atoms with van der Waals surface area (Å²) < 4.78 is 15.6. The van der Waals surface area contributed by atoms with Crippen molar-refractivity contribution in [2.75, 3.05) is 0 Å². The average molecular weight is 810 g/mol. The first-order chi connectivity index (χ1) is 31.2. The van der Waals surface area contributed by atoms with Crippen molar-refractivity contribution in [2.24, 2.45) is 9.98 Å². The lowest BCUT2D eigenvalue weighted by atomic mass is 9.93. The molecule has 0 aliphatic carbocycles. The fraction of sp³-hybridized carbons (Fsp3) is 0.0690. The summed E-state index contributed by atoms with van der Waals surface area (Å²) in [6, 6.07) is 68.7. The number of nitrogens with zero attached hydrogens (tertiary/aromatic N) is 3. The van der Waals surface area contributed by atoms with Crippen LogP contribution in [-0.2, 0) is 0 Å². The van der Waals surface area contributed by atoms with Crippen LogP contribution in [0.3, 0.4) is 0 Å². The molecule has 0 spiro atoms. The van der Waals surface area contributed by atoms with Crippen molar-refractivity contribution >= 4 is 88.0 Å². The summed E-state index contributed by atoms with van der Waals surface area (Å²) in [5.74, 6) is 0.684. The molecule has 0 saturated carbocycles. The Bertz CT molecular complexity index is 3850.